The quantitative estimate of drug-likeness (QED) is 0.475. The van der Waals surface area contributed by atoms with E-state index in [0.29, 0.717) is 10.6 Å². The predicted octanol–water partition coefficient (Wildman–Crippen LogP) is 5.10. The molecule has 1 amide bonds. The summed E-state index contributed by atoms with van der Waals surface area (Å²) in [6, 6.07) is 13.6. The molecule has 7 heteroatoms. The van der Waals surface area contributed by atoms with Crippen LogP contribution in [0.1, 0.15) is 26.4 Å². The number of non-ortho nitro benzene ring substituents is 1. The Kier molecular flexibility index (Phi) is 5.52. The fraction of sp³-hybridized carbons (Fsp3) is 0.150. The molecule has 0 bridgehead atoms. The van der Waals surface area contributed by atoms with Crippen LogP contribution in [-0.4, -0.2) is 10.8 Å². The zero-order chi connectivity index (χ0) is 19.4. The Bertz CT molecular complexity index is 960. The lowest BCUT2D eigenvalue weighted by Crippen LogP contribution is -2.10. The van der Waals surface area contributed by atoms with Gasteiger partial charge >= 0.3 is 0 Å². The first kappa shape index (κ1) is 18.6. The number of ether oxygens (including phenoxy) is 1. The maximum atomic E-state index is 12.4. The Morgan fingerprint density at radius 2 is 1.78 bits per heavy atom. The van der Waals surface area contributed by atoms with Crippen molar-refractivity contribution in [2.45, 2.75) is 20.5 Å². The number of benzene rings is 2. The van der Waals surface area contributed by atoms with E-state index in [4.69, 9.17) is 4.74 Å². The average Bonchev–Trinajstić information content (AvgIpc) is 3.08. The maximum Gasteiger partial charge on any atom is 0.269 e. The number of nitro benzene ring substituents is 1. The molecule has 0 aliphatic heterocycles. The molecule has 1 aromatic heterocycles. The number of aryl methyl sites for hydroxylation is 2. The van der Waals surface area contributed by atoms with E-state index in [2.05, 4.69) is 11.4 Å². The summed E-state index contributed by atoms with van der Waals surface area (Å²) in [6.07, 6.45) is 0. The third-order valence-corrected chi connectivity index (χ3v) is 4.79. The lowest BCUT2D eigenvalue weighted by atomic mass is 10.1. The molecule has 3 rings (SSSR count). The number of hydrogen-bond donors (Lipinski definition) is 1. The van der Waals surface area contributed by atoms with E-state index in [1.165, 1.54) is 23.5 Å². The van der Waals surface area contributed by atoms with E-state index < -0.39 is 4.92 Å². The molecule has 0 atom stereocenters. The van der Waals surface area contributed by atoms with Crippen LogP contribution in [0.2, 0.25) is 0 Å². The van der Waals surface area contributed by atoms with Crippen molar-refractivity contribution in [3.05, 3.63) is 85.6 Å². The summed E-state index contributed by atoms with van der Waals surface area (Å²) in [7, 11) is 0. The summed E-state index contributed by atoms with van der Waals surface area (Å²) < 4.78 is 5.62. The van der Waals surface area contributed by atoms with Crippen LogP contribution in [0.25, 0.3) is 0 Å². The van der Waals surface area contributed by atoms with Crippen molar-refractivity contribution in [2.24, 2.45) is 0 Å². The minimum Gasteiger partial charge on any atom is -0.489 e. The van der Waals surface area contributed by atoms with Gasteiger partial charge in [-0.05, 0) is 60.7 Å². The molecule has 1 N–H and O–H groups in total. The van der Waals surface area contributed by atoms with Crippen molar-refractivity contribution in [1.82, 2.24) is 0 Å². The Morgan fingerprint density at radius 1 is 1.11 bits per heavy atom. The van der Waals surface area contributed by atoms with Crippen molar-refractivity contribution in [2.75, 3.05) is 5.32 Å². The average molecular weight is 382 g/mol. The van der Waals surface area contributed by atoms with Crippen LogP contribution in [-0.2, 0) is 6.61 Å². The lowest BCUT2D eigenvalue weighted by Gasteiger charge is -2.06. The van der Waals surface area contributed by atoms with Crippen molar-refractivity contribution < 1.29 is 14.5 Å². The molecule has 0 unspecified atom stereocenters. The number of amides is 1. The molecule has 0 fully saturated rings. The predicted molar refractivity (Wildman–Crippen MR) is 106 cm³/mol. The molecule has 0 saturated heterocycles. The van der Waals surface area contributed by atoms with Crippen LogP contribution in [0.5, 0.6) is 5.75 Å². The van der Waals surface area contributed by atoms with Crippen LogP contribution in [0.15, 0.2) is 53.9 Å². The number of nitrogens with zero attached hydrogens (tertiary/aromatic N) is 1. The van der Waals surface area contributed by atoms with Gasteiger partial charge in [0, 0.05) is 23.4 Å². The number of carbonyl (C=O) groups excluding carboxylic acids is 1. The van der Waals surface area contributed by atoms with E-state index in [0.717, 1.165) is 22.4 Å². The number of thiophene rings is 1. The summed E-state index contributed by atoms with van der Waals surface area (Å²) >= 11 is 1.35. The van der Waals surface area contributed by atoms with Crippen LogP contribution >= 0.6 is 11.3 Å². The molecule has 0 saturated carbocycles. The minimum atomic E-state index is -0.455. The normalized spacial score (nSPS) is 10.4. The largest absolute Gasteiger partial charge is 0.489 e. The van der Waals surface area contributed by atoms with Gasteiger partial charge < -0.3 is 10.1 Å². The van der Waals surface area contributed by atoms with Crippen molar-refractivity contribution in [1.29, 1.82) is 0 Å². The number of rotatable bonds is 6. The molecule has 6 nitrogen and oxygen atoms in total. The summed E-state index contributed by atoms with van der Waals surface area (Å²) in [5.41, 5.74) is 3.84. The summed E-state index contributed by atoms with van der Waals surface area (Å²) in [4.78, 5) is 23.2. The van der Waals surface area contributed by atoms with Gasteiger partial charge in [-0.25, -0.2) is 0 Å². The van der Waals surface area contributed by atoms with Gasteiger partial charge in [0.2, 0.25) is 0 Å². The minimum absolute atomic E-state index is 0.0169. The zero-order valence-corrected chi connectivity index (χ0v) is 15.7. The zero-order valence-electron chi connectivity index (χ0n) is 14.9. The van der Waals surface area contributed by atoms with Crippen LogP contribution in [0.3, 0.4) is 0 Å². The van der Waals surface area contributed by atoms with Gasteiger partial charge in [-0.3, -0.25) is 14.9 Å². The van der Waals surface area contributed by atoms with Crippen LogP contribution < -0.4 is 10.1 Å². The Morgan fingerprint density at radius 3 is 2.41 bits per heavy atom. The lowest BCUT2D eigenvalue weighted by molar-refractivity contribution is -0.384. The molecule has 27 heavy (non-hydrogen) atoms. The van der Waals surface area contributed by atoms with Crippen molar-refractivity contribution in [3.8, 4) is 5.75 Å². The summed E-state index contributed by atoms with van der Waals surface area (Å²) in [5, 5.41) is 15.4. The van der Waals surface area contributed by atoms with E-state index in [1.807, 2.05) is 31.4 Å². The van der Waals surface area contributed by atoms with Gasteiger partial charge in [-0.15, -0.1) is 11.3 Å². The monoisotopic (exact) mass is 382 g/mol. The number of carbonyl (C=O) groups is 1. The number of hydrogen-bond acceptors (Lipinski definition) is 5. The molecule has 3 aromatic rings. The van der Waals surface area contributed by atoms with Gasteiger partial charge in [0.05, 0.1) is 9.80 Å². The van der Waals surface area contributed by atoms with Crippen LogP contribution in [0.4, 0.5) is 11.4 Å². The highest BCUT2D eigenvalue weighted by Crippen LogP contribution is 2.22. The highest BCUT2D eigenvalue weighted by Gasteiger charge is 2.11. The second-order valence-electron chi connectivity index (χ2n) is 6.19. The first-order chi connectivity index (χ1) is 12.9. The molecule has 138 valence electrons. The first-order valence-electron chi connectivity index (χ1n) is 8.25. The van der Waals surface area contributed by atoms with Crippen molar-refractivity contribution >= 4 is 28.6 Å². The maximum absolute atomic E-state index is 12.4. The van der Waals surface area contributed by atoms with Gasteiger partial charge in [0.25, 0.3) is 11.6 Å². The van der Waals surface area contributed by atoms with Gasteiger partial charge in [0.15, 0.2) is 0 Å². The smallest absolute Gasteiger partial charge is 0.269 e. The molecule has 0 aliphatic rings. The fourth-order valence-electron chi connectivity index (χ4n) is 2.64. The van der Waals surface area contributed by atoms with Crippen LogP contribution in [0, 0.1) is 24.0 Å². The number of anilines is 1. The molecule has 2 aromatic carbocycles. The van der Waals surface area contributed by atoms with E-state index in [-0.39, 0.29) is 18.2 Å². The standard InChI is InChI=1S/C20H18N2O4S/c1-13-7-14(2)9-16(8-13)21-20(23)19-10-15(12-27-19)11-26-18-5-3-17(4-6-18)22(24)25/h3-10,12H,11H2,1-2H3,(H,21,23). The third kappa shape index (κ3) is 4.92. The van der Waals surface area contributed by atoms with E-state index >= 15 is 0 Å². The van der Waals surface area contributed by atoms with Gasteiger partial charge in [-0.2, -0.15) is 0 Å². The molecular formula is C20H18N2O4S. The number of nitro groups is 1. The first-order valence-corrected chi connectivity index (χ1v) is 9.13. The molecule has 0 aliphatic carbocycles. The number of nitrogens with one attached hydrogen (secondary N) is 1. The van der Waals surface area contributed by atoms with Gasteiger partial charge in [0.1, 0.15) is 12.4 Å². The van der Waals surface area contributed by atoms with E-state index in [9.17, 15) is 14.9 Å². The molecule has 1 heterocycles. The molecule has 0 spiro atoms. The topological polar surface area (TPSA) is 81.5 Å². The molecular weight excluding hydrogens is 364 g/mol. The van der Waals surface area contributed by atoms with Crippen molar-refractivity contribution in [3.63, 3.8) is 0 Å². The summed E-state index contributed by atoms with van der Waals surface area (Å²) in [5.74, 6) is 0.375. The highest BCUT2D eigenvalue weighted by molar-refractivity contribution is 7.12. The third-order valence-electron chi connectivity index (χ3n) is 3.81. The molecule has 0 radical (unpaired) electrons. The fourth-order valence-corrected chi connectivity index (χ4v) is 3.43. The second kappa shape index (κ2) is 8.01. The van der Waals surface area contributed by atoms with E-state index in [1.54, 1.807) is 18.2 Å². The Balaban J connectivity index is 1.60. The SMILES string of the molecule is Cc1cc(C)cc(NC(=O)c2cc(COc3ccc([N+](=O)[O-])cc3)cs2)c1. The Labute approximate surface area is 160 Å². The second-order valence-corrected chi connectivity index (χ2v) is 7.10. The summed E-state index contributed by atoms with van der Waals surface area (Å²) in [6.45, 7) is 4.26. The van der Waals surface area contributed by atoms with Gasteiger partial charge in [-0.1, -0.05) is 6.07 Å². The Hall–Kier alpha value is -3.19. The highest BCUT2D eigenvalue weighted by atomic mass is 32.1.